The number of hydrogen-bond donors (Lipinski definition) is 2. The summed E-state index contributed by atoms with van der Waals surface area (Å²) in [6.07, 6.45) is 2.01. The molecule has 0 radical (unpaired) electrons. The van der Waals surface area contributed by atoms with Gasteiger partial charge >= 0.3 is 0 Å². The first-order chi connectivity index (χ1) is 13.4. The molecule has 2 aromatic rings. The standard InChI is InChI=1S/C22H36N6.HI/c1-17(15-21-18(2)26-28(6)19(21)3)25-22(23-4)24-13-10-14-27(5)16-20-11-8-7-9-12-20;/h7-9,11-12,17H,10,13-16H2,1-6H3,(H2,23,24,25);1H. The molecule has 0 aliphatic heterocycles. The molecule has 0 aliphatic rings. The van der Waals surface area contributed by atoms with Gasteiger partial charge in [-0.25, -0.2) is 0 Å². The Balaban J connectivity index is 0.00000420. The summed E-state index contributed by atoms with van der Waals surface area (Å²) in [4.78, 5) is 6.72. The van der Waals surface area contributed by atoms with Crippen molar-refractivity contribution in [3.8, 4) is 0 Å². The molecule has 0 amide bonds. The molecule has 1 unspecified atom stereocenters. The van der Waals surface area contributed by atoms with Crippen molar-refractivity contribution in [3.63, 3.8) is 0 Å². The van der Waals surface area contributed by atoms with Crippen LogP contribution in [0.3, 0.4) is 0 Å². The third-order valence-corrected chi connectivity index (χ3v) is 5.08. The van der Waals surface area contributed by atoms with E-state index in [0.29, 0.717) is 0 Å². The second-order valence-electron chi connectivity index (χ2n) is 7.60. The fourth-order valence-corrected chi connectivity index (χ4v) is 3.43. The van der Waals surface area contributed by atoms with Crippen LogP contribution in [0.5, 0.6) is 0 Å². The zero-order chi connectivity index (χ0) is 20.5. The predicted octanol–water partition coefficient (Wildman–Crippen LogP) is 3.27. The minimum atomic E-state index is 0. The normalized spacial score (nSPS) is 12.6. The molecule has 0 spiro atoms. The highest BCUT2D eigenvalue weighted by Crippen LogP contribution is 2.14. The van der Waals surface area contributed by atoms with E-state index in [2.05, 4.69) is 83.8 Å². The SMILES string of the molecule is CN=C(NCCCN(C)Cc1ccccc1)NC(C)Cc1c(C)nn(C)c1C.I. The molecule has 2 N–H and O–H groups in total. The van der Waals surface area contributed by atoms with Gasteiger partial charge in [-0.15, -0.1) is 24.0 Å². The van der Waals surface area contributed by atoms with Crippen LogP contribution in [0, 0.1) is 13.8 Å². The Hall–Kier alpha value is -1.61. The van der Waals surface area contributed by atoms with Crippen LogP contribution < -0.4 is 10.6 Å². The third-order valence-electron chi connectivity index (χ3n) is 5.08. The maximum absolute atomic E-state index is 4.51. The molecule has 0 saturated carbocycles. The molecule has 0 fully saturated rings. The van der Waals surface area contributed by atoms with Gasteiger partial charge in [0, 0.05) is 38.9 Å². The van der Waals surface area contributed by atoms with Crippen molar-refractivity contribution in [1.82, 2.24) is 25.3 Å². The van der Waals surface area contributed by atoms with Crippen molar-refractivity contribution in [3.05, 3.63) is 52.8 Å². The number of rotatable bonds is 9. The molecule has 0 bridgehead atoms. The summed E-state index contributed by atoms with van der Waals surface area (Å²) in [5.41, 5.74) is 5.01. The summed E-state index contributed by atoms with van der Waals surface area (Å²) in [6, 6.07) is 10.9. The first-order valence-corrected chi connectivity index (χ1v) is 10.1. The Morgan fingerprint density at radius 3 is 2.52 bits per heavy atom. The molecule has 162 valence electrons. The first-order valence-electron chi connectivity index (χ1n) is 10.1. The summed E-state index contributed by atoms with van der Waals surface area (Å²) < 4.78 is 1.95. The molecule has 0 aliphatic carbocycles. The van der Waals surface area contributed by atoms with E-state index in [-0.39, 0.29) is 30.0 Å². The number of hydrogen-bond acceptors (Lipinski definition) is 3. The topological polar surface area (TPSA) is 57.5 Å². The van der Waals surface area contributed by atoms with Crippen LogP contribution in [-0.2, 0) is 20.0 Å². The van der Waals surface area contributed by atoms with Gasteiger partial charge < -0.3 is 15.5 Å². The van der Waals surface area contributed by atoms with Gasteiger partial charge in [0.05, 0.1) is 5.69 Å². The van der Waals surface area contributed by atoms with E-state index >= 15 is 0 Å². The quantitative estimate of drug-likeness (QED) is 0.235. The highest BCUT2D eigenvalue weighted by Gasteiger charge is 2.14. The van der Waals surface area contributed by atoms with Crippen LogP contribution in [0.2, 0.25) is 0 Å². The Kier molecular flexibility index (Phi) is 11.3. The summed E-state index contributed by atoms with van der Waals surface area (Å²) in [6.45, 7) is 9.31. The van der Waals surface area contributed by atoms with Crippen LogP contribution in [0.25, 0.3) is 0 Å². The summed E-state index contributed by atoms with van der Waals surface area (Å²) in [7, 11) is 5.99. The molecule has 0 saturated heterocycles. The molecule has 29 heavy (non-hydrogen) atoms. The van der Waals surface area contributed by atoms with Gasteiger partial charge in [0.2, 0.25) is 0 Å². The average molecular weight is 512 g/mol. The maximum Gasteiger partial charge on any atom is 0.191 e. The second-order valence-corrected chi connectivity index (χ2v) is 7.60. The van der Waals surface area contributed by atoms with Crippen molar-refractivity contribution in [2.24, 2.45) is 12.0 Å². The number of aromatic nitrogens is 2. The van der Waals surface area contributed by atoms with Crippen LogP contribution in [0.15, 0.2) is 35.3 Å². The van der Waals surface area contributed by atoms with Crippen LogP contribution in [-0.4, -0.2) is 53.9 Å². The third kappa shape index (κ3) is 8.34. The van der Waals surface area contributed by atoms with Crippen molar-refractivity contribution < 1.29 is 0 Å². The number of nitrogens with zero attached hydrogens (tertiary/aromatic N) is 4. The highest BCUT2D eigenvalue weighted by atomic mass is 127. The smallest absolute Gasteiger partial charge is 0.191 e. The van der Waals surface area contributed by atoms with Gasteiger partial charge in [-0.3, -0.25) is 9.67 Å². The fraction of sp³-hybridized carbons (Fsp3) is 0.545. The van der Waals surface area contributed by atoms with Crippen molar-refractivity contribution >= 4 is 29.9 Å². The van der Waals surface area contributed by atoms with Gasteiger partial charge in [-0.2, -0.15) is 5.10 Å². The number of aryl methyl sites for hydroxylation is 2. The Bertz CT molecular complexity index is 756. The lowest BCUT2D eigenvalue weighted by atomic mass is 10.1. The maximum atomic E-state index is 4.51. The predicted molar refractivity (Wildman–Crippen MR) is 133 cm³/mol. The monoisotopic (exact) mass is 512 g/mol. The van der Waals surface area contributed by atoms with Crippen LogP contribution in [0.4, 0.5) is 0 Å². The van der Waals surface area contributed by atoms with Crippen LogP contribution in [0.1, 0.15) is 35.9 Å². The van der Waals surface area contributed by atoms with Gasteiger partial charge in [0.1, 0.15) is 0 Å². The van der Waals surface area contributed by atoms with Gasteiger partial charge in [0.15, 0.2) is 5.96 Å². The van der Waals surface area contributed by atoms with Gasteiger partial charge in [-0.05, 0) is 58.3 Å². The molecule has 1 aromatic heterocycles. The van der Waals surface area contributed by atoms with Crippen molar-refractivity contribution in [2.75, 3.05) is 27.2 Å². The molecular formula is C22H37IN6. The lowest BCUT2D eigenvalue weighted by Gasteiger charge is -2.20. The Morgan fingerprint density at radius 2 is 1.93 bits per heavy atom. The molecule has 7 heteroatoms. The highest BCUT2D eigenvalue weighted by molar-refractivity contribution is 14.0. The minimum absolute atomic E-state index is 0. The number of guanidine groups is 1. The largest absolute Gasteiger partial charge is 0.356 e. The van der Waals surface area contributed by atoms with E-state index in [1.807, 2.05) is 18.8 Å². The van der Waals surface area contributed by atoms with E-state index in [9.17, 15) is 0 Å². The molecule has 1 aromatic carbocycles. The van der Waals surface area contributed by atoms with Crippen molar-refractivity contribution in [2.45, 2.75) is 46.2 Å². The summed E-state index contributed by atoms with van der Waals surface area (Å²) >= 11 is 0. The van der Waals surface area contributed by atoms with E-state index in [1.165, 1.54) is 16.8 Å². The van der Waals surface area contributed by atoms with E-state index < -0.39 is 0 Å². The molecular weight excluding hydrogens is 475 g/mol. The number of aliphatic imine (C=N–C) groups is 1. The molecule has 1 heterocycles. The fourth-order valence-electron chi connectivity index (χ4n) is 3.43. The number of benzene rings is 1. The second kappa shape index (κ2) is 12.8. The Labute approximate surface area is 193 Å². The minimum Gasteiger partial charge on any atom is -0.356 e. The lowest BCUT2D eigenvalue weighted by molar-refractivity contribution is 0.322. The number of nitrogens with one attached hydrogen (secondary N) is 2. The van der Waals surface area contributed by atoms with E-state index in [1.54, 1.807) is 0 Å². The number of halogens is 1. The molecule has 1 atom stereocenters. The van der Waals surface area contributed by atoms with Crippen LogP contribution >= 0.6 is 24.0 Å². The van der Waals surface area contributed by atoms with E-state index in [4.69, 9.17) is 0 Å². The zero-order valence-electron chi connectivity index (χ0n) is 18.7. The zero-order valence-corrected chi connectivity index (χ0v) is 21.0. The van der Waals surface area contributed by atoms with Crippen molar-refractivity contribution in [1.29, 1.82) is 0 Å². The summed E-state index contributed by atoms with van der Waals surface area (Å²) in [5.74, 6) is 0.859. The van der Waals surface area contributed by atoms with E-state index in [0.717, 1.165) is 44.1 Å². The average Bonchev–Trinajstić information content (AvgIpc) is 2.91. The Morgan fingerprint density at radius 1 is 1.24 bits per heavy atom. The molecule has 6 nitrogen and oxygen atoms in total. The summed E-state index contributed by atoms with van der Waals surface area (Å²) in [5, 5.41) is 11.4. The lowest BCUT2D eigenvalue weighted by Crippen LogP contribution is -2.43. The van der Waals surface area contributed by atoms with Gasteiger partial charge in [0.25, 0.3) is 0 Å². The van der Waals surface area contributed by atoms with Gasteiger partial charge in [-0.1, -0.05) is 30.3 Å². The first kappa shape index (κ1) is 25.4. The molecule has 2 rings (SSSR count).